The maximum absolute atomic E-state index is 12.8. The van der Waals surface area contributed by atoms with Gasteiger partial charge in [-0.15, -0.1) is 0 Å². The predicted octanol–water partition coefficient (Wildman–Crippen LogP) is 0.0231. The third kappa shape index (κ3) is 1.89. The van der Waals surface area contributed by atoms with Crippen molar-refractivity contribution >= 4 is 5.91 Å². The minimum Gasteiger partial charge on any atom is -0.375 e. The van der Waals surface area contributed by atoms with E-state index in [0.29, 0.717) is 0 Å². The second-order valence-corrected chi connectivity index (χ2v) is 3.06. The largest absolute Gasteiger partial charge is 0.375 e. The Kier molecular flexibility index (Phi) is 2.83. The van der Waals surface area contributed by atoms with Gasteiger partial charge < -0.3 is 5.11 Å². The molecule has 0 spiro atoms. The summed E-state index contributed by atoms with van der Waals surface area (Å²) < 4.78 is 12.8. The van der Waals surface area contributed by atoms with Crippen LogP contribution in [-0.2, 0) is 10.4 Å². The van der Waals surface area contributed by atoms with Gasteiger partial charge in [0.1, 0.15) is 5.82 Å². The van der Waals surface area contributed by atoms with E-state index in [2.05, 4.69) is 0 Å². The van der Waals surface area contributed by atoms with Gasteiger partial charge in [0, 0.05) is 0 Å². The molecule has 0 radical (unpaired) electrons. The standard InChI is InChI=1S/C9H11FN2O2/c1-9(14,8(13)12-11)6-3-2-4-7(10)5-6/h2-5,14H,11H2,1H3,(H,12,13)/t9-/m0/s1. The van der Waals surface area contributed by atoms with Crippen LogP contribution in [-0.4, -0.2) is 11.0 Å². The van der Waals surface area contributed by atoms with Crippen molar-refractivity contribution in [3.05, 3.63) is 35.6 Å². The Morgan fingerprint density at radius 2 is 2.29 bits per heavy atom. The molecule has 0 heterocycles. The van der Waals surface area contributed by atoms with E-state index >= 15 is 0 Å². The number of nitrogens with one attached hydrogen (secondary N) is 1. The Balaban J connectivity index is 3.09. The van der Waals surface area contributed by atoms with E-state index in [4.69, 9.17) is 5.84 Å². The number of hydrazine groups is 1. The molecule has 0 unspecified atom stereocenters. The van der Waals surface area contributed by atoms with Gasteiger partial charge >= 0.3 is 0 Å². The van der Waals surface area contributed by atoms with Crippen LogP contribution in [0.25, 0.3) is 0 Å². The minimum atomic E-state index is -1.82. The summed E-state index contributed by atoms with van der Waals surface area (Å²) in [6, 6.07) is 5.15. The first-order valence-electron chi connectivity index (χ1n) is 3.98. The van der Waals surface area contributed by atoms with E-state index in [1.807, 2.05) is 5.43 Å². The van der Waals surface area contributed by atoms with Crippen molar-refractivity contribution in [1.29, 1.82) is 0 Å². The molecule has 1 aromatic rings. The number of hydrogen-bond acceptors (Lipinski definition) is 3. The van der Waals surface area contributed by atoms with Crippen LogP contribution in [0.3, 0.4) is 0 Å². The van der Waals surface area contributed by atoms with Gasteiger partial charge in [0.25, 0.3) is 5.91 Å². The molecule has 0 bridgehead atoms. The molecule has 0 saturated carbocycles. The normalized spacial score (nSPS) is 14.6. The molecule has 76 valence electrons. The first-order chi connectivity index (χ1) is 6.48. The Bertz CT molecular complexity index is 352. The van der Waals surface area contributed by atoms with Crippen LogP contribution in [0.5, 0.6) is 0 Å². The van der Waals surface area contributed by atoms with Crippen LogP contribution in [0.1, 0.15) is 12.5 Å². The fourth-order valence-electron chi connectivity index (χ4n) is 1.06. The molecule has 4 N–H and O–H groups in total. The summed E-state index contributed by atoms with van der Waals surface area (Å²) in [5.74, 6) is 3.57. The summed E-state index contributed by atoms with van der Waals surface area (Å²) >= 11 is 0. The second-order valence-electron chi connectivity index (χ2n) is 3.06. The zero-order chi connectivity index (χ0) is 10.8. The van der Waals surface area contributed by atoms with E-state index in [1.54, 1.807) is 0 Å². The van der Waals surface area contributed by atoms with Gasteiger partial charge in [0.15, 0.2) is 5.60 Å². The molecular weight excluding hydrogens is 187 g/mol. The van der Waals surface area contributed by atoms with Crippen molar-refractivity contribution in [1.82, 2.24) is 5.43 Å². The molecule has 0 fully saturated rings. The number of halogens is 1. The molecule has 0 aliphatic carbocycles. The maximum Gasteiger partial charge on any atom is 0.270 e. The number of amides is 1. The Labute approximate surface area is 80.5 Å². The summed E-state index contributed by atoms with van der Waals surface area (Å²) in [7, 11) is 0. The zero-order valence-corrected chi connectivity index (χ0v) is 7.62. The summed E-state index contributed by atoms with van der Waals surface area (Å²) in [5.41, 5.74) is 0.142. The highest BCUT2D eigenvalue weighted by Crippen LogP contribution is 2.20. The lowest BCUT2D eigenvalue weighted by molar-refractivity contribution is -0.139. The van der Waals surface area contributed by atoms with Gasteiger partial charge in [-0.25, -0.2) is 10.2 Å². The Hall–Kier alpha value is -1.46. The van der Waals surface area contributed by atoms with E-state index in [0.717, 1.165) is 6.07 Å². The third-order valence-electron chi connectivity index (χ3n) is 1.96. The minimum absolute atomic E-state index is 0.153. The molecule has 0 aromatic heterocycles. The molecule has 1 rings (SSSR count). The molecule has 0 aliphatic heterocycles. The van der Waals surface area contributed by atoms with Crippen molar-refractivity contribution in [2.24, 2.45) is 5.84 Å². The van der Waals surface area contributed by atoms with E-state index in [1.165, 1.54) is 25.1 Å². The number of aliphatic hydroxyl groups is 1. The number of hydrogen-bond donors (Lipinski definition) is 3. The van der Waals surface area contributed by atoms with Crippen LogP contribution in [0.15, 0.2) is 24.3 Å². The third-order valence-corrected chi connectivity index (χ3v) is 1.96. The number of rotatable bonds is 2. The van der Waals surface area contributed by atoms with Gasteiger partial charge in [0.2, 0.25) is 0 Å². The molecule has 1 amide bonds. The lowest BCUT2D eigenvalue weighted by atomic mass is 9.95. The average molecular weight is 198 g/mol. The van der Waals surface area contributed by atoms with Crippen LogP contribution in [0.2, 0.25) is 0 Å². The molecule has 5 heteroatoms. The summed E-state index contributed by atoms with van der Waals surface area (Å²) in [6.07, 6.45) is 0. The van der Waals surface area contributed by atoms with E-state index in [9.17, 15) is 14.3 Å². The first-order valence-corrected chi connectivity index (χ1v) is 3.98. The van der Waals surface area contributed by atoms with Crippen molar-refractivity contribution < 1.29 is 14.3 Å². The number of nitrogens with two attached hydrogens (primary N) is 1. The van der Waals surface area contributed by atoms with Gasteiger partial charge in [-0.1, -0.05) is 12.1 Å². The highest BCUT2D eigenvalue weighted by molar-refractivity contribution is 5.85. The highest BCUT2D eigenvalue weighted by atomic mass is 19.1. The lowest BCUT2D eigenvalue weighted by Gasteiger charge is -2.21. The Morgan fingerprint density at radius 1 is 1.64 bits per heavy atom. The Morgan fingerprint density at radius 3 is 2.79 bits per heavy atom. The number of carbonyl (C=O) groups is 1. The topological polar surface area (TPSA) is 75.3 Å². The molecule has 14 heavy (non-hydrogen) atoms. The number of carbonyl (C=O) groups excluding carboxylic acids is 1. The molecule has 4 nitrogen and oxygen atoms in total. The van der Waals surface area contributed by atoms with Gasteiger partial charge in [-0.2, -0.15) is 0 Å². The summed E-state index contributed by atoms with van der Waals surface area (Å²) in [4.78, 5) is 11.1. The second kappa shape index (κ2) is 3.73. The molecule has 1 atom stereocenters. The van der Waals surface area contributed by atoms with E-state index < -0.39 is 17.3 Å². The molecule has 0 aliphatic rings. The molecule has 1 aromatic carbocycles. The quantitative estimate of drug-likeness (QED) is 0.356. The van der Waals surface area contributed by atoms with Crippen LogP contribution in [0.4, 0.5) is 4.39 Å². The van der Waals surface area contributed by atoms with Crippen molar-refractivity contribution in [2.45, 2.75) is 12.5 Å². The van der Waals surface area contributed by atoms with Gasteiger partial charge in [-0.3, -0.25) is 10.2 Å². The number of benzene rings is 1. The zero-order valence-electron chi connectivity index (χ0n) is 7.62. The lowest BCUT2D eigenvalue weighted by Crippen LogP contribution is -2.45. The molecular formula is C9H11FN2O2. The van der Waals surface area contributed by atoms with Gasteiger partial charge in [-0.05, 0) is 24.6 Å². The van der Waals surface area contributed by atoms with Crippen LogP contribution >= 0.6 is 0 Å². The fourth-order valence-corrected chi connectivity index (χ4v) is 1.06. The van der Waals surface area contributed by atoms with E-state index in [-0.39, 0.29) is 5.56 Å². The van der Waals surface area contributed by atoms with Crippen molar-refractivity contribution in [3.8, 4) is 0 Å². The van der Waals surface area contributed by atoms with Crippen LogP contribution in [0, 0.1) is 5.82 Å². The first kappa shape index (κ1) is 10.6. The van der Waals surface area contributed by atoms with Crippen molar-refractivity contribution in [3.63, 3.8) is 0 Å². The highest BCUT2D eigenvalue weighted by Gasteiger charge is 2.31. The smallest absolute Gasteiger partial charge is 0.270 e. The maximum atomic E-state index is 12.8. The van der Waals surface area contributed by atoms with Crippen molar-refractivity contribution in [2.75, 3.05) is 0 Å². The predicted molar refractivity (Wildman–Crippen MR) is 48.3 cm³/mol. The average Bonchev–Trinajstić information content (AvgIpc) is 2.16. The van der Waals surface area contributed by atoms with Crippen LogP contribution < -0.4 is 11.3 Å². The van der Waals surface area contributed by atoms with Gasteiger partial charge in [0.05, 0.1) is 0 Å². The summed E-state index contributed by atoms with van der Waals surface area (Å²) in [5, 5.41) is 9.72. The fraction of sp³-hybridized carbons (Fsp3) is 0.222. The monoisotopic (exact) mass is 198 g/mol. The molecule has 0 saturated heterocycles. The summed E-state index contributed by atoms with van der Waals surface area (Å²) in [6.45, 7) is 1.24. The SMILES string of the molecule is C[C@@](O)(C(=O)NN)c1cccc(F)c1.